The number of aromatic hydroxyl groups is 2. The molecule has 0 radical (unpaired) electrons. The number of carbonyl (C=O) groups is 2. The van der Waals surface area contributed by atoms with Crippen LogP contribution in [0.5, 0.6) is 11.5 Å². The van der Waals surface area contributed by atoms with Crippen molar-refractivity contribution in [3.8, 4) is 11.5 Å². The van der Waals surface area contributed by atoms with Crippen LogP contribution in [0.25, 0.3) is 0 Å². The van der Waals surface area contributed by atoms with Crippen molar-refractivity contribution in [2.75, 3.05) is 0 Å². The quantitative estimate of drug-likeness (QED) is 0.289. The molecule has 0 saturated heterocycles. The van der Waals surface area contributed by atoms with Gasteiger partial charge in [0.15, 0.2) is 11.6 Å². The molecule has 4 nitrogen and oxygen atoms in total. The van der Waals surface area contributed by atoms with Gasteiger partial charge in [-0.1, -0.05) is 37.8 Å². The van der Waals surface area contributed by atoms with Crippen molar-refractivity contribution in [2.45, 2.75) is 92.9 Å². The Hall–Kier alpha value is -2.62. The lowest BCUT2D eigenvalue weighted by Crippen LogP contribution is -2.05. The average molecular weight is 439 g/mol. The van der Waals surface area contributed by atoms with E-state index >= 15 is 0 Å². The minimum Gasteiger partial charge on any atom is -0.507 e. The number of phenols is 2. The van der Waals surface area contributed by atoms with Crippen LogP contribution in [0.2, 0.25) is 0 Å². The monoisotopic (exact) mass is 438 g/mol. The first-order valence-corrected chi connectivity index (χ1v) is 11.7. The van der Waals surface area contributed by atoms with Crippen molar-refractivity contribution < 1.29 is 19.8 Å². The lowest BCUT2D eigenvalue weighted by molar-refractivity contribution is 0.0965. The second-order valence-electron chi connectivity index (χ2n) is 9.19. The van der Waals surface area contributed by atoms with Crippen LogP contribution in [0.3, 0.4) is 0 Å². The summed E-state index contributed by atoms with van der Waals surface area (Å²) in [6.07, 6.45) is 6.46. The number of hydrogen-bond acceptors (Lipinski definition) is 4. The molecule has 0 saturated carbocycles. The lowest BCUT2D eigenvalue weighted by Gasteiger charge is -2.13. The van der Waals surface area contributed by atoms with Gasteiger partial charge in [0.1, 0.15) is 11.5 Å². The Morgan fingerprint density at radius 1 is 0.562 bits per heavy atom. The Morgan fingerprint density at radius 3 is 1.22 bits per heavy atom. The van der Waals surface area contributed by atoms with Gasteiger partial charge in [0.2, 0.25) is 0 Å². The third kappa shape index (κ3) is 5.99. The van der Waals surface area contributed by atoms with Crippen molar-refractivity contribution in [3.05, 3.63) is 56.6 Å². The molecule has 0 unspecified atom stereocenters. The first-order chi connectivity index (χ1) is 15.1. The van der Waals surface area contributed by atoms with E-state index in [1.165, 1.54) is 0 Å². The molecule has 0 heterocycles. The molecule has 174 valence electrons. The van der Waals surface area contributed by atoms with Gasteiger partial charge in [-0.15, -0.1) is 0 Å². The van der Waals surface area contributed by atoms with Crippen LogP contribution in [-0.2, 0) is 0 Å². The van der Waals surface area contributed by atoms with Gasteiger partial charge in [0, 0.05) is 12.8 Å². The number of phenolic OH excluding ortho intramolecular Hbond substituents is 2. The summed E-state index contributed by atoms with van der Waals surface area (Å²) >= 11 is 0. The number of unbranched alkanes of at least 4 members (excludes halogenated alkanes) is 5. The largest absolute Gasteiger partial charge is 0.507 e. The number of carbonyl (C=O) groups excluding carboxylic acids is 2. The van der Waals surface area contributed by atoms with Gasteiger partial charge in [0.25, 0.3) is 0 Å². The molecule has 2 N–H and O–H groups in total. The molecular weight excluding hydrogens is 400 g/mol. The molecular formula is C28H38O4. The van der Waals surface area contributed by atoms with Gasteiger partial charge >= 0.3 is 0 Å². The number of ketones is 2. The average Bonchev–Trinajstić information content (AvgIpc) is 2.72. The van der Waals surface area contributed by atoms with Crippen LogP contribution < -0.4 is 0 Å². The van der Waals surface area contributed by atoms with Crippen molar-refractivity contribution in [1.82, 2.24) is 0 Å². The van der Waals surface area contributed by atoms with E-state index in [-0.39, 0.29) is 23.1 Å². The molecule has 0 fully saturated rings. The summed E-state index contributed by atoms with van der Waals surface area (Å²) in [6, 6.07) is 3.92. The standard InChI is InChI=1S/C28H38O4/c1-17-15-19(3)25(27(31)21(17)5)23(29)13-11-9-7-8-10-12-14-24(30)26-20(4)16-18(2)22(6)28(26)32/h15-16,31-32H,7-14H2,1-6H3. The highest BCUT2D eigenvalue weighted by molar-refractivity contribution is 6.01. The number of Topliss-reactive ketones (excluding diaryl/α,β-unsaturated/α-hetero) is 2. The van der Waals surface area contributed by atoms with Crippen LogP contribution in [0, 0.1) is 41.5 Å². The highest BCUT2D eigenvalue weighted by Gasteiger charge is 2.18. The summed E-state index contributed by atoms with van der Waals surface area (Å²) < 4.78 is 0. The number of benzene rings is 2. The molecule has 4 heteroatoms. The van der Waals surface area contributed by atoms with Crippen LogP contribution in [0.15, 0.2) is 12.1 Å². The Labute approximate surface area is 192 Å². The minimum absolute atomic E-state index is 0.0114. The predicted octanol–water partition coefficient (Wildman–Crippen LogP) is 7.13. The number of aryl methyl sites for hydroxylation is 4. The van der Waals surface area contributed by atoms with Crippen molar-refractivity contribution >= 4 is 11.6 Å². The third-order valence-electron chi connectivity index (χ3n) is 6.64. The second-order valence-corrected chi connectivity index (χ2v) is 9.19. The van der Waals surface area contributed by atoms with Gasteiger partial charge in [-0.25, -0.2) is 0 Å². The maximum absolute atomic E-state index is 12.6. The highest BCUT2D eigenvalue weighted by atomic mass is 16.3. The molecule has 2 aromatic carbocycles. The summed E-state index contributed by atoms with van der Waals surface area (Å²) in [5.74, 6) is 0.277. The summed E-state index contributed by atoms with van der Waals surface area (Å²) in [4.78, 5) is 25.2. The summed E-state index contributed by atoms with van der Waals surface area (Å²) in [5, 5.41) is 20.7. The van der Waals surface area contributed by atoms with Gasteiger partial charge in [-0.05, 0) is 87.8 Å². The van der Waals surface area contributed by atoms with E-state index in [0.29, 0.717) is 24.0 Å². The van der Waals surface area contributed by atoms with E-state index in [2.05, 4.69) is 0 Å². The van der Waals surface area contributed by atoms with Gasteiger partial charge in [-0.2, -0.15) is 0 Å². The zero-order chi connectivity index (χ0) is 24.0. The topological polar surface area (TPSA) is 74.6 Å². The Balaban J connectivity index is 1.71. The maximum Gasteiger partial charge on any atom is 0.166 e. The van der Waals surface area contributed by atoms with Crippen molar-refractivity contribution in [1.29, 1.82) is 0 Å². The van der Waals surface area contributed by atoms with E-state index < -0.39 is 0 Å². The van der Waals surface area contributed by atoms with E-state index in [1.54, 1.807) is 0 Å². The summed E-state index contributed by atoms with van der Waals surface area (Å²) in [6.45, 7) is 11.3. The van der Waals surface area contributed by atoms with Crippen LogP contribution in [0.4, 0.5) is 0 Å². The first kappa shape index (κ1) is 25.6. The molecule has 0 aromatic heterocycles. The second kappa shape index (κ2) is 11.3. The zero-order valence-electron chi connectivity index (χ0n) is 20.5. The van der Waals surface area contributed by atoms with Crippen LogP contribution >= 0.6 is 0 Å². The van der Waals surface area contributed by atoms with E-state index in [0.717, 1.165) is 71.9 Å². The molecule has 0 amide bonds. The molecule has 32 heavy (non-hydrogen) atoms. The normalized spacial score (nSPS) is 11.1. The van der Waals surface area contributed by atoms with Crippen molar-refractivity contribution in [3.63, 3.8) is 0 Å². The lowest BCUT2D eigenvalue weighted by atomic mass is 9.93. The molecule has 0 aliphatic rings. The minimum atomic E-state index is 0.0114. The summed E-state index contributed by atoms with van der Waals surface area (Å²) in [5.41, 5.74) is 6.16. The van der Waals surface area contributed by atoms with Gasteiger partial charge < -0.3 is 10.2 Å². The van der Waals surface area contributed by atoms with Gasteiger partial charge in [-0.3, -0.25) is 9.59 Å². The van der Waals surface area contributed by atoms with Crippen LogP contribution in [-0.4, -0.2) is 21.8 Å². The van der Waals surface area contributed by atoms with E-state index in [4.69, 9.17) is 0 Å². The predicted molar refractivity (Wildman–Crippen MR) is 130 cm³/mol. The molecule has 2 aromatic rings. The number of hydrogen-bond donors (Lipinski definition) is 2. The Kier molecular flexibility index (Phi) is 9.06. The smallest absolute Gasteiger partial charge is 0.166 e. The molecule has 0 aliphatic carbocycles. The molecule has 0 atom stereocenters. The fourth-order valence-electron chi connectivity index (χ4n) is 4.36. The Bertz CT molecular complexity index is 920. The third-order valence-corrected chi connectivity index (χ3v) is 6.64. The van der Waals surface area contributed by atoms with Crippen LogP contribution in [0.1, 0.15) is 105 Å². The highest BCUT2D eigenvalue weighted by Crippen LogP contribution is 2.31. The molecule has 2 rings (SSSR count). The molecule has 0 bridgehead atoms. The molecule has 0 spiro atoms. The SMILES string of the molecule is Cc1cc(C)c(C(=O)CCCCCCCCC(=O)c2c(C)cc(C)c(C)c2O)c(O)c1C. The zero-order valence-corrected chi connectivity index (χ0v) is 20.5. The Morgan fingerprint density at radius 2 is 0.875 bits per heavy atom. The van der Waals surface area contributed by atoms with Crippen molar-refractivity contribution in [2.24, 2.45) is 0 Å². The maximum atomic E-state index is 12.6. The fraction of sp³-hybridized carbons (Fsp3) is 0.500. The van der Waals surface area contributed by atoms with Gasteiger partial charge in [0.05, 0.1) is 11.1 Å². The van der Waals surface area contributed by atoms with E-state index in [9.17, 15) is 19.8 Å². The molecule has 0 aliphatic heterocycles. The summed E-state index contributed by atoms with van der Waals surface area (Å²) in [7, 11) is 0. The first-order valence-electron chi connectivity index (χ1n) is 11.7. The van der Waals surface area contributed by atoms with E-state index in [1.807, 2.05) is 53.7 Å². The number of rotatable bonds is 11. The fourth-order valence-corrected chi connectivity index (χ4v) is 4.36.